The minimum Gasteiger partial charge on any atom is -0.347 e. The molecule has 1 N–H and O–H groups in total. The van der Waals surface area contributed by atoms with Crippen molar-refractivity contribution in [1.82, 2.24) is 5.32 Å². The van der Waals surface area contributed by atoms with Crippen molar-refractivity contribution in [2.45, 2.75) is 10.8 Å². The van der Waals surface area contributed by atoms with Gasteiger partial charge in [0, 0.05) is 15.6 Å². The summed E-state index contributed by atoms with van der Waals surface area (Å²) in [6.45, 7) is 0.150. The first-order valence-electron chi connectivity index (χ1n) is 5.54. The third kappa shape index (κ3) is 4.11. The lowest BCUT2D eigenvalue weighted by Crippen LogP contribution is -2.23. The number of hydrogen-bond donors (Lipinski definition) is 1. The first-order valence-corrected chi connectivity index (χ1v) is 9.43. The molecule has 21 heavy (non-hydrogen) atoms. The number of halogens is 3. The van der Waals surface area contributed by atoms with E-state index in [0.29, 0.717) is 4.88 Å². The molecule has 1 aromatic heterocycles. The molecule has 1 aromatic carbocycles. The van der Waals surface area contributed by atoms with Crippen LogP contribution in [0.2, 0.25) is 10.0 Å². The normalized spacial score (nSPS) is 11.4. The van der Waals surface area contributed by atoms with Gasteiger partial charge in [0.2, 0.25) is 0 Å². The van der Waals surface area contributed by atoms with Gasteiger partial charge in [0.1, 0.15) is 4.21 Å². The predicted molar refractivity (Wildman–Crippen MR) is 85.0 cm³/mol. The Labute approximate surface area is 140 Å². The predicted octanol–water partition coefficient (Wildman–Crippen LogP) is 3.91. The van der Waals surface area contributed by atoms with Crippen LogP contribution in [-0.2, 0) is 15.6 Å². The van der Waals surface area contributed by atoms with Crippen LogP contribution in [0.3, 0.4) is 0 Å². The lowest BCUT2D eigenvalue weighted by atomic mass is 10.2. The van der Waals surface area contributed by atoms with Crippen molar-refractivity contribution in [1.29, 1.82) is 0 Å². The third-order valence-electron chi connectivity index (χ3n) is 2.49. The lowest BCUT2D eigenvalue weighted by Gasteiger charge is -2.07. The van der Waals surface area contributed by atoms with Crippen molar-refractivity contribution >= 4 is 60.2 Å². The molecule has 0 aliphatic rings. The van der Waals surface area contributed by atoms with E-state index < -0.39 is 15.0 Å². The number of thiophene rings is 1. The van der Waals surface area contributed by atoms with E-state index in [0.717, 1.165) is 11.3 Å². The van der Waals surface area contributed by atoms with Gasteiger partial charge in [-0.25, -0.2) is 8.42 Å². The number of amides is 1. The molecule has 0 fully saturated rings. The summed E-state index contributed by atoms with van der Waals surface area (Å²) in [5.41, 5.74) is 0.183. The highest BCUT2D eigenvalue weighted by atomic mass is 35.7. The maximum Gasteiger partial charge on any atom is 0.270 e. The van der Waals surface area contributed by atoms with Crippen molar-refractivity contribution in [3.63, 3.8) is 0 Å². The zero-order chi connectivity index (χ0) is 15.6. The number of benzene rings is 1. The summed E-state index contributed by atoms with van der Waals surface area (Å²) in [6, 6.07) is 7.72. The average Bonchev–Trinajstić information content (AvgIpc) is 2.84. The number of nitrogens with one attached hydrogen (secondary N) is 1. The Morgan fingerprint density at radius 1 is 1.14 bits per heavy atom. The number of carbonyl (C=O) groups excluding carboxylic acids is 1. The molecule has 0 radical (unpaired) electrons. The molecule has 112 valence electrons. The second kappa shape index (κ2) is 6.54. The highest BCUT2D eigenvalue weighted by Crippen LogP contribution is 2.26. The van der Waals surface area contributed by atoms with Gasteiger partial charge in [0.25, 0.3) is 15.0 Å². The molecule has 1 amide bonds. The molecule has 0 bridgehead atoms. The molecule has 0 aliphatic carbocycles. The van der Waals surface area contributed by atoms with Crippen molar-refractivity contribution in [3.8, 4) is 0 Å². The van der Waals surface area contributed by atoms with Crippen LogP contribution in [0.25, 0.3) is 0 Å². The minimum absolute atomic E-state index is 0.0317. The molecule has 4 nitrogen and oxygen atoms in total. The third-order valence-corrected chi connectivity index (χ3v) is 6.30. The SMILES string of the molecule is O=C(NCc1ccc(S(=O)(=O)Cl)s1)c1c(Cl)cccc1Cl. The van der Waals surface area contributed by atoms with Crippen LogP contribution in [0.4, 0.5) is 0 Å². The van der Waals surface area contributed by atoms with Crippen molar-refractivity contribution in [2.24, 2.45) is 0 Å². The summed E-state index contributed by atoms with van der Waals surface area (Å²) < 4.78 is 22.3. The molecule has 0 saturated carbocycles. The van der Waals surface area contributed by atoms with Crippen molar-refractivity contribution in [2.75, 3.05) is 0 Å². The van der Waals surface area contributed by atoms with E-state index >= 15 is 0 Å². The number of carbonyl (C=O) groups is 1. The van der Waals surface area contributed by atoms with Crippen LogP contribution in [0.5, 0.6) is 0 Å². The topological polar surface area (TPSA) is 63.2 Å². The minimum atomic E-state index is -3.75. The average molecular weight is 385 g/mol. The Balaban J connectivity index is 2.10. The molecule has 2 aromatic rings. The summed E-state index contributed by atoms with van der Waals surface area (Å²) >= 11 is 12.8. The van der Waals surface area contributed by atoms with Crippen molar-refractivity contribution < 1.29 is 13.2 Å². The highest BCUT2D eigenvalue weighted by molar-refractivity contribution is 8.15. The fourth-order valence-corrected chi connectivity index (χ4v) is 4.19. The van der Waals surface area contributed by atoms with E-state index in [2.05, 4.69) is 5.32 Å². The number of hydrogen-bond acceptors (Lipinski definition) is 4. The van der Waals surface area contributed by atoms with Crippen LogP contribution >= 0.6 is 45.2 Å². The molecule has 1 heterocycles. The maximum absolute atomic E-state index is 12.0. The van der Waals surface area contributed by atoms with Crippen LogP contribution in [-0.4, -0.2) is 14.3 Å². The monoisotopic (exact) mass is 383 g/mol. The molecule has 2 rings (SSSR count). The molecule has 0 spiro atoms. The fraction of sp³-hybridized carbons (Fsp3) is 0.0833. The molecular formula is C12H8Cl3NO3S2. The molecule has 0 unspecified atom stereocenters. The van der Waals surface area contributed by atoms with Crippen molar-refractivity contribution in [3.05, 3.63) is 50.8 Å². The molecular weight excluding hydrogens is 377 g/mol. The Hall–Kier alpha value is -0.790. The van der Waals surface area contributed by atoms with Gasteiger partial charge in [0.15, 0.2) is 0 Å². The first kappa shape index (κ1) is 16.6. The number of rotatable bonds is 4. The van der Waals surface area contributed by atoms with Crippen LogP contribution < -0.4 is 5.32 Å². The van der Waals surface area contributed by atoms with Crippen LogP contribution in [0, 0.1) is 0 Å². The summed E-state index contributed by atoms with van der Waals surface area (Å²) in [5, 5.41) is 3.12. The summed E-state index contributed by atoms with van der Waals surface area (Å²) in [7, 11) is 1.48. The van der Waals surface area contributed by atoms with Crippen LogP contribution in [0.15, 0.2) is 34.5 Å². The second-order valence-corrected chi connectivity index (χ2v) is 8.71. The van der Waals surface area contributed by atoms with E-state index in [1.807, 2.05) is 0 Å². The summed E-state index contributed by atoms with van der Waals surface area (Å²) in [5.74, 6) is -0.436. The van der Waals surface area contributed by atoms with Crippen LogP contribution in [0.1, 0.15) is 15.2 Å². The Bertz CT molecular complexity index is 767. The molecule has 0 saturated heterocycles. The van der Waals surface area contributed by atoms with Gasteiger partial charge >= 0.3 is 0 Å². The molecule has 0 atom stereocenters. The van der Waals surface area contributed by atoms with E-state index in [9.17, 15) is 13.2 Å². The van der Waals surface area contributed by atoms with E-state index in [4.69, 9.17) is 33.9 Å². The largest absolute Gasteiger partial charge is 0.347 e. The van der Waals surface area contributed by atoms with Gasteiger partial charge in [-0.3, -0.25) is 4.79 Å². The maximum atomic E-state index is 12.0. The first-order chi connectivity index (χ1) is 9.79. The van der Waals surface area contributed by atoms with Gasteiger partial charge in [0.05, 0.1) is 22.2 Å². The Morgan fingerprint density at radius 2 is 1.76 bits per heavy atom. The van der Waals surface area contributed by atoms with Gasteiger partial charge in [-0.1, -0.05) is 29.3 Å². The van der Waals surface area contributed by atoms with E-state index in [1.54, 1.807) is 24.3 Å². The fourth-order valence-electron chi connectivity index (χ4n) is 1.55. The lowest BCUT2D eigenvalue weighted by molar-refractivity contribution is 0.0951. The Kier molecular flexibility index (Phi) is 5.16. The summed E-state index contributed by atoms with van der Waals surface area (Å²) in [6.07, 6.45) is 0. The standard InChI is InChI=1S/C12H8Cl3NO3S2/c13-8-2-1-3-9(14)11(8)12(17)16-6-7-4-5-10(20-7)21(15,18)19/h1-5H,6H2,(H,16,17). The molecule has 9 heteroatoms. The second-order valence-electron chi connectivity index (χ2n) is 3.94. The highest BCUT2D eigenvalue weighted by Gasteiger charge is 2.16. The summed E-state index contributed by atoms with van der Waals surface area (Å²) in [4.78, 5) is 12.7. The van der Waals surface area contributed by atoms with Gasteiger partial charge in [-0.2, -0.15) is 0 Å². The Morgan fingerprint density at radius 3 is 2.29 bits per heavy atom. The smallest absolute Gasteiger partial charge is 0.270 e. The quantitative estimate of drug-likeness (QED) is 0.813. The van der Waals surface area contributed by atoms with Gasteiger partial charge < -0.3 is 5.32 Å². The van der Waals surface area contributed by atoms with E-state index in [-0.39, 0.29) is 26.4 Å². The van der Waals surface area contributed by atoms with Gasteiger partial charge in [-0.15, -0.1) is 11.3 Å². The zero-order valence-corrected chi connectivity index (χ0v) is 14.2. The van der Waals surface area contributed by atoms with E-state index in [1.165, 1.54) is 6.07 Å². The zero-order valence-electron chi connectivity index (χ0n) is 10.3. The molecule has 0 aliphatic heterocycles. The van der Waals surface area contributed by atoms with Gasteiger partial charge in [-0.05, 0) is 24.3 Å².